The summed E-state index contributed by atoms with van der Waals surface area (Å²) in [6.45, 7) is 7.90. The van der Waals surface area contributed by atoms with Crippen LogP contribution in [0.25, 0.3) is 16.7 Å². The van der Waals surface area contributed by atoms with Gasteiger partial charge in [0.15, 0.2) is 14.1 Å². The molecule has 0 spiro atoms. The first kappa shape index (κ1) is 31.1. The molecule has 12 heteroatoms. The van der Waals surface area contributed by atoms with Gasteiger partial charge in [-0.1, -0.05) is 6.07 Å². The van der Waals surface area contributed by atoms with Crippen LogP contribution in [0.1, 0.15) is 50.8 Å². The first-order chi connectivity index (χ1) is 21.8. The Morgan fingerprint density at radius 1 is 0.957 bits per heavy atom. The lowest BCUT2D eigenvalue weighted by Gasteiger charge is -2.47. The fraction of sp³-hybridized carbons (Fsp3) is 0.294. The zero-order valence-corrected chi connectivity index (χ0v) is 27.0. The maximum atomic E-state index is 13.7. The predicted octanol–water partition coefficient (Wildman–Crippen LogP) is 5.52. The average Bonchev–Trinajstić information content (AvgIpc) is 3.50. The number of β-lactam (4-membered cyclic amide) rings is 1. The average molecular weight is 641 g/mol. The summed E-state index contributed by atoms with van der Waals surface area (Å²) in [5.41, 5.74) is 4.26. The smallest absolute Gasteiger partial charge is 0.355 e. The molecule has 3 aromatic rings. The Labute approximate surface area is 266 Å². The summed E-state index contributed by atoms with van der Waals surface area (Å²) in [6.07, 6.45) is 0.0259. The number of nitro benzene ring substituents is 1. The summed E-state index contributed by atoms with van der Waals surface area (Å²) in [5.74, 6) is -2.07. The van der Waals surface area contributed by atoms with Crippen molar-refractivity contribution in [2.75, 3.05) is 7.11 Å². The van der Waals surface area contributed by atoms with Crippen molar-refractivity contribution in [3.05, 3.63) is 104 Å². The third-order valence-corrected chi connectivity index (χ3v) is 9.63. The number of carbonyl (C=O) groups excluding carboxylic acids is 4. The minimum atomic E-state index is -1.97. The van der Waals surface area contributed by atoms with Crippen LogP contribution in [-0.2, 0) is 30.1 Å². The number of benzene rings is 3. The summed E-state index contributed by atoms with van der Waals surface area (Å²) in [7, 11) is -0.684. The molecule has 3 aliphatic rings. The molecule has 236 valence electrons. The topological polar surface area (TPSA) is 142 Å². The minimum Gasteiger partial charge on any atom is -0.465 e. The largest absolute Gasteiger partial charge is 0.465 e. The van der Waals surface area contributed by atoms with Gasteiger partial charge in [0.1, 0.15) is 12.3 Å². The Morgan fingerprint density at radius 3 is 2.24 bits per heavy atom. The molecule has 46 heavy (non-hydrogen) atoms. The second-order valence-corrected chi connectivity index (χ2v) is 17.1. The molecule has 11 nitrogen and oxygen atoms in total. The number of rotatable bonds is 9. The Kier molecular flexibility index (Phi) is 7.73. The number of non-ortho nitro benzene ring substituents is 1. The molecule has 6 rings (SSSR count). The monoisotopic (exact) mass is 640 g/mol. The number of ketones is 1. The highest BCUT2D eigenvalue weighted by Gasteiger charge is 2.58. The highest BCUT2D eigenvalue weighted by Crippen LogP contribution is 2.49. The van der Waals surface area contributed by atoms with E-state index in [2.05, 4.69) is 19.6 Å². The van der Waals surface area contributed by atoms with Gasteiger partial charge in [0, 0.05) is 23.3 Å². The fourth-order valence-corrected chi connectivity index (χ4v) is 7.83. The number of amides is 1. The summed E-state index contributed by atoms with van der Waals surface area (Å²) >= 11 is 0. The Hall–Kier alpha value is -4.94. The lowest BCUT2D eigenvalue weighted by molar-refractivity contribution is -0.384. The first-order valence-electron chi connectivity index (χ1n) is 14.9. The Morgan fingerprint density at radius 2 is 1.61 bits per heavy atom. The molecule has 1 fully saturated rings. The molecule has 2 aliphatic heterocycles. The summed E-state index contributed by atoms with van der Waals surface area (Å²) in [4.78, 5) is 64.8. The summed E-state index contributed by atoms with van der Waals surface area (Å²) < 4.78 is 16.8. The Balaban J connectivity index is 1.37. The van der Waals surface area contributed by atoms with Crippen molar-refractivity contribution in [1.29, 1.82) is 0 Å². The van der Waals surface area contributed by atoms with Gasteiger partial charge >= 0.3 is 11.9 Å². The van der Waals surface area contributed by atoms with E-state index in [9.17, 15) is 29.3 Å². The fourth-order valence-electron chi connectivity index (χ4n) is 6.57. The normalized spacial score (nSPS) is 18.8. The first-order valence-corrected chi connectivity index (χ1v) is 18.3. The van der Waals surface area contributed by atoms with Gasteiger partial charge in [0.25, 0.3) is 5.69 Å². The van der Waals surface area contributed by atoms with Crippen LogP contribution in [0.3, 0.4) is 0 Å². The molecule has 0 radical (unpaired) electrons. The summed E-state index contributed by atoms with van der Waals surface area (Å²) in [5, 5.41) is 11.0. The van der Waals surface area contributed by atoms with E-state index in [1.54, 1.807) is 30.3 Å². The van der Waals surface area contributed by atoms with Crippen molar-refractivity contribution in [3.63, 3.8) is 0 Å². The van der Waals surface area contributed by atoms with Crippen LogP contribution in [-0.4, -0.2) is 61.0 Å². The highest BCUT2D eigenvalue weighted by atomic mass is 28.4. The third-order valence-electron chi connectivity index (χ3n) is 8.55. The van der Waals surface area contributed by atoms with Gasteiger partial charge in [-0.2, -0.15) is 0 Å². The van der Waals surface area contributed by atoms with Crippen molar-refractivity contribution in [3.8, 4) is 11.1 Å². The molecular formula is C34H32N2O9Si. The second-order valence-electron chi connectivity index (χ2n) is 12.6. The second kappa shape index (κ2) is 11.4. The van der Waals surface area contributed by atoms with Gasteiger partial charge in [0.05, 0.1) is 35.7 Å². The van der Waals surface area contributed by atoms with Gasteiger partial charge in [0.2, 0.25) is 5.91 Å². The lowest BCUT2D eigenvalue weighted by atomic mass is 9.82. The molecular weight excluding hydrogens is 608 g/mol. The number of carbonyl (C=O) groups is 4. The minimum absolute atomic E-state index is 0.0825. The Bertz CT molecular complexity index is 1860. The van der Waals surface area contributed by atoms with Crippen molar-refractivity contribution < 1.29 is 38.0 Å². The number of nitrogens with zero attached hydrogens (tertiary/aromatic N) is 2. The van der Waals surface area contributed by atoms with E-state index < -0.39 is 31.1 Å². The molecule has 1 saturated heterocycles. The van der Waals surface area contributed by atoms with Crippen molar-refractivity contribution in [2.45, 2.75) is 51.7 Å². The number of ether oxygens (including phenoxy) is 2. The maximum absolute atomic E-state index is 13.7. The van der Waals surface area contributed by atoms with Crippen LogP contribution in [0.4, 0.5) is 5.69 Å². The van der Waals surface area contributed by atoms with Gasteiger partial charge in [-0.25, -0.2) is 9.59 Å². The molecule has 0 unspecified atom stereocenters. The van der Waals surface area contributed by atoms with Crippen LogP contribution >= 0.6 is 0 Å². The predicted molar refractivity (Wildman–Crippen MR) is 169 cm³/mol. The van der Waals surface area contributed by atoms with Crippen molar-refractivity contribution in [1.82, 2.24) is 4.90 Å². The van der Waals surface area contributed by atoms with E-state index in [1.807, 2.05) is 13.0 Å². The number of fused-ring (bicyclic) bond motifs is 4. The molecule has 0 saturated carbocycles. The third kappa shape index (κ3) is 5.33. The van der Waals surface area contributed by atoms with E-state index in [-0.39, 0.29) is 41.8 Å². The van der Waals surface area contributed by atoms with E-state index in [0.717, 1.165) is 0 Å². The van der Waals surface area contributed by atoms with Crippen LogP contribution < -0.4 is 0 Å². The molecule has 0 bridgehead atoms. The van der Waals surface area contributed by atoms with E-state index in [1.165, 1.54) is 36.3 Å². The highest BCUT2D eigenvalue weighted by molar-refractivity contribution is 6.69. The van der Waals surface area contributed by atoms with Crippen molar-refractivity contribution in [2.24, 2.45) is 5.92 Å². The SMILES string of the molecule is COC(=O)c1ccc2c(c1)-c1cc(C3=C(C(=O)OCc4ccc([N+](=O)[O-])cc4)N4C(=O)[C@H]([C@@H](C)O[Si](C)(C)C)[C@H]4C3)ccc1C2=O. The van der Waals surface area contributed by atoms with E-state index in [4.69, 9.17) is 13.9 Å². The maximum Gasteiger partial charge on any atom is 0.355 e. The molecule has 2 heterocycles. The molecule has 3 aromatic carbocycles. The van der Waals surface area contributed by atoms with Crippen LogP contribution in [0.15, 0.2) is 66.4 Å². The van der Waals surface area contributed by atoms with Gasteiger partial charge in [-0.3, -0.25) is 19.7 Å². The van der Waals surface area contributed by atoms with Crippen LogP contribution in [0.5, 0.6) is 0 Å². The number of nitro groups is 1. The zero-order chi connectivity index (χ0) is 33.1. The molecule has 0 N–H and O–H groups in total. The zero-order valence-electron chi connectivity index (χ0n) is 26.0. The standard InChI is InChI=1S/C34H32N2O9Si/c1-18(45-46(3,4)5)29-28-16-25(30(35(28)32(29)38)34(40)44-17-19-6-10-22(11-7-19)36(41)42)20-8-12-23-26(14-20)27-15-21(33(39)43-2)9-13-24(27)31(23)37/h6-15,18,28-29H,16-17H2,1-5H3/t18-,28-,29-/m1/s1. The van der Waals surface area contributed by atoms with Crippen LogP contribution in [0, 0.1) is 16.0 Å². The molecule has 1 aliphatic carbocycles. The number of esters is 2. The van der Waals surface area contributed by atoms with Crippen molar-refractivity contribution >= 4 is 43.2 Å². The van der Waals surface area contributed by atoms with Gasteiger partial charge < -0.3 is 18.8 Å². The van der Waals surface area contributed by atoms with E-state index >= 15 is 0 Å². The quantitative estimate of drug-likeness (QED) is 0.0760. The lowest BCUT2D eigenvalue weighted by Crippen LogP contribution is -2.63. The molecule has 3 atom stereocenters. The number of hydrogen-bond donors (Lipinski definition) is 0. The summed E-state index contributed by atoms with van der Waals surface area (Å²) in [6, 6.07) is 15.4. The number of methoxy groups -OCH3 is 1. The van der Waals surface area contributed by atoms with E-state index in [0.29, 0.717) is 50.9 Å². The van der Waals surface area contributed by atoms with Gasteiger partial charge in [-0.15, -0.1) is 0 Å². The molecule has 0 aromatic heterocycles. The molecule has 1 amide bonds. The van der Waals surface area contributed by atoms with Gasteiger partial charge in [-0.05, 0) is 103 Å². The van der Waals surface area contributed by atoms with Crippen LogP contribution in [0.2, 0.25) is 19.6 Å². The number of hydrogen-bond acceptors (Lipinski definition) is 9.